The highest BCUT2D eigenvalue weighted by atomic mass is 15.2. The second-order valence-corrected chi connectivity index (χ2v) is 7.73. The van der Waals surface area contributed by atoms with Crippen molar-refractivity contribution in [2.75, 3.05) is 19.6 Å². The minimum Gasteiger partial charge on any atom is -0.299 e. The number of benzene rings is 1. The van der Waals surface area contributed by atoms with Gasteiger partial charge >= 0.3 is 0 Å². The van der Waals surface area contributed by atoms with Gasteiger partial charge in [-0.05, 0) is 76.7 Å². The van der Waals surface area contributed by atoms with Gasteiger partial charge in [0, 0.05) is 18.6 Å². The Labute approximate surface area is 142 Å². The molecular weight excluding hydrogens is 280 g/mol. The van der Waals surface area contributed by atoms with E-state index in [9.17, 15) is 0 Å². The molecule has 1 unspecified atom stereocenters. The van der Waals surface area contributed by atoms with Crippen LogP contribution in [0.3, 0.4) is 0 Å². The van der Waals surface area contributed by atoms with Crippen molar-refractivity contribution in [2.45, 2.75) is 77.9 Å². The van der Waals surface area contributed by atoms with E-state index in [4.69, 9.17) is 0 Å². The fourth-order valence-corrected chi connectivity index (χ4v) is 4.62. The zero-order valence-electron chi connectivity index (χ0n) is 15.4. The maximum atomic E-state index is 2.86. The third kappa shape index (κ3) is 4.16. The summed E-state index contributed by atoms with van der Waals surface area (Å²) in [5, 5.41) is 0. The standard InChI is InChI=1S/C21H34N2/c1-4-20-7-5-6-12-23(20)21-10-13-22(14-11-21)16-19-9-8-17(2)15-18(19)3/h8-9,15,20-21H,4-7,10-14,16H2,1-3H3. The van der Waals surface area contributed by atoms with Crippen LogP contribution in [0.15, 0.2) is 18.2 Å². The van der Waals surface area contributed by atoms with Crippen LogP contribution in [0.4, 0.5) is 0 Å². The fourth-order valence-electron chi connectivity index (χ4n) is 4.62. The molecule has 0 saturated carbocycles. The molecule has 2 fully saturated rings. The van der Waals surface area contributed by atoms with Gasteiger partial charge in [-0.2, -0.15) is 0 Å². The van der Waals surface area contributed by atoms with Gasteiger partial charge in [-0.25, -0.2) is 0 Å². The number of nitrogens with zero attached hydrogens (tertiary/aromatic N) is 2. The molecule has 0 amide bonds. The van der Waals surface area contributed by atoms with E-state index in [2.05, 4.69) is 48.8 Å². The number of piperidine rings is 2. The first-order valence-corrected chi connectivity index (χ1v) is 9.71. The van der Waals surface area contributed by atoms with Crippen LogP contribution in [-0.2, 0) is 6.54 Å². The monoisotopic (exact) mass is 314 g/mol. The van der Waals surface area contributed by atoms with Gasteiger partial charge in [0.2, 0.25) is 0 Å². The molecule has 0 radical (unpaired) electrons. The average molecular weight is 315 g/mol. The molecule has 23 heavy (non-hydrogen) atoms. The minimum atomic E-state index is 0.843. The van der Waals surface area contributed by atoms with E-state index in [0.29, 0.717) is 0 Å². The first kappa shape index (κ1) is 17.0. The van der Waals surface area contributed by atoms with E-state index < -0.39 is 0 Å². The van der Waals surface area contributed by atoms with Crippen molar-refractivity contribution in [1.29, 1.82) is 0 Å². The molecule has 0 spiro atoms. The summed E-state index contributed by atoms with van der Waals surface area (Å²) in [6.07, 6.45) is 8.35. The Morgan fingerprint density at radius 3 is 2.48 bits per heavy atom. The van der Waals surface area contributed by atoms with Crippen LogP contribution in [0.5, 0.6) is 0 Å². The highest BCUT2D eigenvalue weighted by Crippen LogP contribution is 2.27. The van der Waals surface area contributed by atoms with Gasteiger partial charge in [0.15, 0.2) is 0 Å². The van der Waals surface area contributed by atoms with Gasteiger partial charge in [-0.1, -0.05) is 37.1 Å². The van der Waals surface area contributed by atoms with Crippen molar-refractivity contribution in [1.82, 2.24) is 9.80 Å². The second-order valence-electron chi connectivity index (χ2n) is 7.73. The first-order chi connectivity index (χ1) is 11.2. The zero-order chi connectivity index (χ0) is 16.2. The summed E-state index contributed by atoms with van der Waals surface area (Å²) in [5.74, 6) is 0. The molecule has 2 nitrogen and oxygen atoms in total. The van der Waals surface area contributed by atoms with Gasteiger partial charge in [0.05, 0.1) is 0 Å². The van der Waals surface area contributed by atoms with Crippen molar-refractivity contribution >= 4 is 0 Å². The predicted octanol–water partition coefficient (Wildman–Crippen LogP) is 4.53. The van der Waals surface area contributed by atoms with Gasteiger partial charge in [0.1, 0.15) is 0 Å². The van der Waals surface area contributed by atoms with Crippen LogP contribution in [0.1, 0.15) is 62.1 Å². The zero-order valence-corrected chi connectivity index (χ0v) is 15.4. The lowest BCUT2D eigenvalue weighted by molar-refractivity contribution is 0.0469. The van der Waals surface area contributed by atoms with Gasteiger partial charge in [-0.15, -0.1) is 0 Å². The summed E-state index contributed by atoms with van der Waals surface area (Å²) >= 11 is 0. The fraction of sp³-hybridized carbons (Fsp3) is 0.714. The number of aryl methyl sites for hydroxylation is 2. The Hall–Kier alpha value is -0.860. The lowest BCUT2D eigenvalue weighted by atomic mass is 9.93. The molecule has 2 saturated heterocycles. The topological polar surface area (TPSA) is 6.48 Å². The maximum Gasteiger partial charge on any atom is 0.0236 e. The van der Waals surface area contributed by atoms with Gasteiger partial charge in [-0.3, -0.25) is 9.80 Å². The lowest BCUT2D eigenvalue weighted by Gasteiger charge is -2.44. The molecule has 2 aliphatic heterocycles. The van der Waals surface area contributed by atoms with Crippen molar-refractivity contribution in [3.05, 3.63) is 34.9 Å². The Morgan fingerprint density at radius 2 is 1.78 bits per heavy atom. The SMILES string of the molecule is CCC1CCCCN1C1CCN(Cc2ccc(C)cc2C)CC1. The van der Waals surface area contributed by atoms with Crippen LogP contribution in [0, 0.1) is 13.8 Å². The molecule has 0 bridgehead atoms. The van der Waals surface area contributed by atoms with E-state index in [1.165, 1.54) is 74.8 Å². The van der Waals surface area contributed by atoms with E-state index in [1.807, 2.05) is 0 Å². The minimum absolute atomic E-state index is 0.843. The van der Waals surface area contributed by atoms with Crippen LogP contribution in [0.2, 0.25) is 0 Å². The van der Waals surface area contributed by atoms with Gasteiger partial charge < -0.3 is 0 Å². The van der Waals surface area contributed by atoms with Crippen molar-refractivity contribution < 1.29 is 0 Å². The molecule has 2 heterocycles. The third-order valence-electron chi connectivity index (χ3n) is 6.06. The molecule has 128 valence electrons. The van der Waals surface area contributed by atoms with E-state index >= 15 is 0 Å². The van der Waals surface area contributed by atoms with Crippen molar-refractivity contribution in [3.63, 3.8) is 0 Å². The Balaban J connectivity index is 1.53. The summed E-state index contributed by atoms with van der Waals surface area (Å²) in [4.78, 5) is 5.52. The Kier molecular flexibility index (Phi) is 5.76. The van der Waals surface area contributed by atoms with Crippen molar-refractivity contribution in [3.8, 4) is 0 Å². The van der Waals surface area contributed by atoms with Gasteiger partial charge in [0.25, 0.3) is 0 Å². The summed E-state index contributed by atoms with van der Waals surface area (Å²) in [7, 11) is 0. The molecule has 0 aliphatic carbocycles. The highest BCUT2D eigenvalue weighted by Gasteiger charge is 2.30. The summed E-state index contributed by atoms with van der Waals surface area (Å²) in [5.41, 5.74) is 4.34. The maximum absolute atomic E-state index is 2.86. The molecule has 2 heteroatoms. The smallest absolute Gasteiger partial charge is 0.0236 e. The molecule has 2 aliphatic rings. The van der Waals surface area contributed by atoms with E-state index in [0.717, 1.165) is 18.6 Å². The number of hydrogen-bond acceptors (Lipinski definition) is 2. The Bertz CT molecular complexity index is 503. The number of rotatable bonds is 4. The molecule has 1 aromatic rings. The molecular formula is C21H34N2. The van der Waals surface area contributed by atoms with E-state index in [1.54, 1.807) is 0 Å². The molecule has 1 aromatic carbocycles. The molecule has 0 aromatic heterocycles. The lowest BCUT2D eigenvalue weighted by Crippen LogP contribution is -2.50. The largest absolute Gasteiger partial charge is 0.299 e. The van der Waals surface area contributed by atoms with Crippen LogP contribution < -0.4 is 0 Å². The molecule has 1 atom stereocenters. The van der Waals surface area contributed by atoms with Crippen LogP contribution >= 0.6 is 0 Å². The summed E-state index contributed by atoms with van der Waals surface area (Å²) in [6.45, 7) is 11.8. The normalized spacial score (nSPS) is 24.9. The van der Waals surface area contributed by atoms with Crippen LogP contribution in [-0.4, -0.2) is 41.5 Å². The first-order valence-electron chi connectivity index (χ1n) is 9.71. The molecule has 3 rings (SSSR count). The number of likely N-dealkylation sites (tertiary alicyclic amines) is 2. The predicted molar refractivity (Wildman–Crippen MR) is 98.9 cm³/mol. The summed E-state index contributed by atoms with van der Waals surface area (Å²) < 4.78 is 0. The molecule has 0 N–H and O–H groups in total. The van der Waals surface area contributed by atoms with Crippen LogP contribution in [0.25, 0.3) is 0 Å². The quantitative estimate of drug-likeness (QED) is 0.805. The Morgan fingerprint density at radius 1 is 1.00 bits per heavy atom. The highest BCUT2D eigenvalue weighted by molar-refractivity contribution is 5.30. The second kappa shape index (κ2) is 7.81. The third-order valence-corrected chi connectivity index (χ3v) is 6.06. The summed E-state index contributed by atoms with van der Waals surface area (Å²) in [6, 6.07) is 8.61. The number of hydrogen-bond donors (Lipinski definition) is 0. The average Bonchev–Trinajstić information content (AvgIpc) is 2.58. The van der Waals surface area contributed by atoms with Crippen molar-refractivity contribution in [2.24, 2.45) is 0 Å². The van der Waals surface area contributed by atoms with E-state index in [-0.39, 0.29) is 0 Å².